The molecule has 0 aromatic carbocycles. The lowest BCUT2D eigenvalue weighted by atomic mass is 9.57. The molecule has 1 aliphatic heterocycles. The minimum Gasteiger partial charge on any atom is -0.377 e. The maximum absolute atomic E-state index is 5.77. The van der Waals surface area contributed by atoms with Crippen molar-refractivity contribution in [2.45, 2.75) is 52.2 Å². The van der Waals surface area contributed by atoms with Gasteiger partial charge in [0.05, 0.1) is 6.10 Å². The number of nitrogens with one attached hydrogen (secondary N) is 1. The minimum absolute atomic E-state index is 0.133. The summed E-state index contributed by atoms with van der Waals surface area (Å²) in [5, 5.41) is 7.38. The number of fused-ring (bicyclic) bond motifs is 1. The summed E-state index contributed by atoms with van der Waals surface area (Å²) >= 11 is 0. The van der Waals surface area contributed by atoms with Crippen molar-refractivity contribution >= 4 is 6.01 Å². The van der Waals surface area contributed by atoms with E-state index in [-0.39, 0.29) is 5.41 Å². The maximum atomic E-state index is 5.77. The zero-order chi connectivity index (χ0) is 12.9. The van der Waals surface area contributed by atoms with Crippen molar-refractivity contribution in [2.75, 3.05) is 11.9 Å². The number of hydrogen-bond donors (Lipinski definition) is 1. The van der Waals surface area contributed by atoms with Crippen LogP contribution in [0.4, 0.5) is 6.01 Å². The molecule has 3 rings (SSSR count). The highest BCUT2D eigenvalue weighted by atomic mass is 16.5. The first kappa shape index (κ1) is 12.0. The van der Waals surface area contributed by atoms with E-state index >= 15 is 0 Å². The van der Waals surface area contributed by atoms with Gasteiger partial charge >= 0.3 is 6.01 Å². The zero-order valence-corrected chi connectivity index (χ0v) is 11.4. The van der Waals surface area contributed by atoms with Gasteiger partial charge in [0.25, 0.3) is 0 Å². The van der Waals surface area contributed by atoms with E-state index in [9.17, 15) is 0 Å². The van der Waals surface area contributed by atoms with Gasteiger partial charge in [0.15, 0.2) is 5.82 Å². The van der Waals surface area contributed by atoms with E-state index in [1.165, 1.54) is 0 Å². The van der Waals surface area contributed by atoms with Crippen LogP contribution in [0.25, 0.3) is 0 Å². The zero-order valence-electron chi connectivity index (χ0n) is 11.4. The van der Waals surface area contributed by atoms with Gasteiger partial charge in [-0.05, 0) is 6.42 Å². The summed E-state index contributed by atoms with van der Waals surface area (Å²) in [6, 6.07) is 0.910. The molecule has 1 saturated carbocycles. The Morgan fingerprint density at radius 2 is 2.17 bits per heavy atom. The van der Waals surface area contributed by atoms with Crippen molar-refractivity contribution in [1.29, 1.82) is 0 Å². The Morgan fingerprint density at radius 1 is 1.39 bits per heavy atom. The fourth-order valence-corrected chi connectivity index (χ4v) is 3.28. The van der Waals surface area contributed by atoms with Crippen LogP contribution >= 0.6 is 0 Å². The van der Waals surface area contributed by atoms with Gasteiger partial charge in [0.2, 0.25) is 0 Å². The van der Waals surface area contributed by atoms with Crippen LogP contribution in [0.5, 0.6) is 0 Å². The first-order valence-electron chi connectivity index (χ1n) is 6.72. The van der Waals surface area contributed by atoms with E-state index in [4.69, 9.17) is 9.26 Å². The second kappa shape index (κ2) is 3.95. The third kappa shape index (κ3) is 1.64. The van der Waals surface area contributed by atoms with E-state index in [0.29, 0.717) is 30.0 Å². The van der Waals surface area contributed by atoms with Gasteiger partial charge in [-0.3, -0.25) is 0 Å². The summed E-state index contributed by atoms with van der Waals surface area (Å²) in [4.78, 5) is 4.38. The van der Waals surface area contributed by atoms with E-state index < -0.39 is 0 Å². The Hall–Kier alpha value is -1.10. The molecule has 0 radical (unpaired) electrons. The monoisotopic (exact) mass is 251 g/mol. The Kier molecular flexibility index (Phi) is 2.62. The number of hydrogen-bond acceptors (Lipinski definition) is 5. The van der Waals surface area contributed by atoms with Gasteiger partial charge in [-0.1, -0.05) is 32.9 Å². The molecule has 0 bridgehead atoms. The topological polar surface area (TPSA) is 60.2 Å². The van der Waals surface area contributed by atoms with Crippen LogP contribution in [0.3, 0.4) is 0 Å². The molecule has 1 aliphatic carbocycles. The predicted octanol–water partition coefficient (Wildman–Crippen LogP) is 2.42. The molecule has 18 heavy (non-hydrogen) atoms. The van der Waals surface area contributed by atoms with Gasteiger partial charge in [-0.15, -0.1) is 0 Å². The van der Waals surface area contributed by atoms with Crippen LogP contribution in [0, 0.1) is 11.3 Å². The highest BCUT2D eigenvalue weighted by Crippen LogP contribution is 2.53. The van der Waals surface area contributed by atoms with Crippen molar-refractivity contribution in [3.05, 3.63) is 5.82 Å². The third-order valence-electron chi connectivity index (χ3n) is 4.34. The van der Waals surface area contributed by atoms with E-state index in [1.807, 2.05) is 0 Å². The molecule has 3 atom stereocenters. The molecule has 2 fully saturated rings. The third-order valence-corrected chi connectivity index (χ3v) is 4.34. The van der Waals surface area contributed by atoms with Gasteiger partial charge in [0, 0.05) is 29.9 Å². The fraction of sp³-hybridized carbons (Fsp3) is 0.846. The lowest BCUT2D eigenvalue weighted by Crippen LogP contribution is -2.63. The highest BCUT2D eigenvalue weighted by Gasteiger charge is 2.59. The average molecular weight is 251 g/mol. The molecule has 2 heterocycles. The van der Waals surface area contributed by atoms with Gasteiger partial charge in [0.1, 0.15) is 0 Å². The lowest BCUT2D eigenvalue weighted by molar-refractivity contribution is -0.0929. The molecule has 0 amide bonds. The Labute approximate surface area is 107 Å². The second-order valence-corrected chi connectivity index (χ2v) is 6.30. The molecule has 1 aromatic rings. The Bertz CT molecular complexity index is 441. The van der Waals surface area contributed by atoms with Gasteiger partial charge < -0.3 is 14.6 Å². The number of ether oxygens (including phenoxy) is 1. The molecule has 1 aromatic heterocycles. The summed E-state index contributed by atoms with van der Waals surface area (Å²) in [7, 11) is 0. The molecule has 100 valence electrons. The standard InChI is InChI=1S/C13H21N3O2/c1-7(2)11-15-12(18-16-11)14-9-8-5-6-17-10(8)13(9,3)4/h7-10H,5-6H2,1-4H3,(H,14,15,16)/t8-,9+,10+/m0/s1. The molecule has 1 saturated heterocycles. The van der Waals surface area contributed by atoms with Crippen molar-refractivity contribution in [1.82, 2.24) is 10.1 Å². The van der Waals surface area contributed by atoms with E-state index in [2.05, 4.69) is 43.2 Å². The summed E-state index contributed by atoms with van der Waals surface area (Å²) in [5.41, 5.74) is 0.133. The summed E-state index contributed by atoms with van der Waals surface area (Å²) in [5.74, 6) is 1.63. The molecule has 1 N–H and O–H groups in total. The molecule has 2 aliphatic rings. The number of aromatic nitrogens is 2. The number of rotatable bonds is 3. The summed E-state index contributed by atoms with van der Waals surface area (Å²) in [6.07, 6.45) is 1.50. The molecule has 0 unspecified atom stereocenters. The normalized spacial score (nSPS) is 33.3. The first-order valence-corrected chi connectivity index (χ1v) is 6.72. The maximum Gasteiger partial charge on any atom is 0.321 e. The smallest absolute Gasteiger partial charge is 0.321 e. The van der Waals surface area contributed by atoms with Crippen LogP contribution in [0.2, 0.25) is 0 Å². The Balaban J connectivity index is 1.72. The number of nitrogens with zero attached hydrogens (tertiary/aromatic N) is 2. The van der Waals surface area contributed by atoms with Crippen LogP contribution in [0.1, 0.15) is 45.9 Å². The predicted molar refractivity (Wildman–Crippen MR) is 67.4 cm³/mol. The first-order chi connectivity index (χ1) is 8.50. The van der Waals surface area contributed by atoms with Crippen molar-refractivity contribution in [2.24, 2.45) is 11.3 Å². The molecular formula is C13H21N3O2. The minimum atomic E-state index is 0.133. The quantitative estimate of drug-likeness (QED) is 0.894. The second-order valence-electron chi connectivity index (χ2n) is 6.30. The summed E-state index contributed by atoms with van der Waals surface area (Å²) in [6.45, 7) is 9.46. The average Bonchev–Trinajstić information content (AvgIpc) is 2.94. The van der Waals surface area contributed by atoms with Gasteiger partial charge in [-0.25, -0.2) is 0 Å². The SMILES string of the molecule is CC(C)c1noc(N[C@@H]2[C@@H]3CCO[C@H]3C2(C)C)n1. The van der Waals surface area contributed by atoms with Crippen LogP contribution in [0.15, 0.2) is 4.52 Å². The largest absolute Gasteiger partial charge is 0.377 e. The Morgan fingerprint density at radius 3 is 2.83 bits per heavy atom. The van der Waals surface area contributed by atoms with Crippen molar-refractivity contribution in [3.63, 3.8) is 0 Å². The van der Waals surface area contributed by atoms with Crippen LogP contribution in [-0.2, 0) is 4.74 Å². The highest BCUT2D eigenvalue weighted by molar-refractivity contribution is 5.29. The van der Waals surface area contributed by atoms with E-state index in [1.54, 1.807) is 0 Å². The fourth-order valence-electron chi connectivity index (χ4n) is 3.28. The van der Waals surface area contributed by atoms with Crippen molar-refractivity contribution < 1.29 is 9.26 Å². The van der Waals surface area contributed by atoms with Crippen LogP contribution in [-0.4, -0.2) is 28.9 Å². The molecular weight excluding hydrogens is 230 g/mol. The van der Waals surface area contributed by atoms with E-state index in [0.717, 1.165) is 18.9 Å². The lowest BCUT2D eigenvalue weighted by Gasteiger charge is -2.54. The molecule has 5 heteroatoms. The van der Waals surface area contributed by atoms with Gasteiger partial charge in [-0.2, -0.15) is 4.98 Å². The molecule has 0 spiro atoms. The summed E-state index contributed by atoms with van der Waals surface area (Å²) < 4.78 is 11.0. The number of anilines is 1. The van der Waals surface area contributed by atoms with Crippen molar-refractivity contribution in [3.8, 4) is 0 Å². The van der Waals surface area contributed by atoms with Crippen LogP contribution < -0.4 is 5.32 Å². The molecule has 5 nitrogen and oxygen atoms in total.